The second-order valence-electron chi connectivity index (χ2n) is 3.38. The third-order valence-electron chi connectivity index (χ3n) is 2.14. The molecule has 1 unspecified atom stereocenters. The fraction of sp³-hybridized carbons (Fsp3) is 0.667. The molecule has 0 radical (unpaired) electrons. The Morgan fingerprint density at radius 3 is 2.33 bits per heavy atom. The Labute approximate surface area is 101 Å². The van der Waals surface area contributed by atoms with Gasteiger partial charge in [0.2, 0.25) is 5.91 Å². The lowest BCUT2D eigenvalue weighted by Gasteiger charge is -2.17. The molecule has 1 rings (SSSR count). The minimum absolute atomic E-state index is 0.0121. The summed E-state index contributed by atoms with van der Waals surface area (Å²) < 4.78 is 31.7. The highest BCUT2D eigenvalue weighted by Gasteiger charge is 2.38. The second-order valence-corrected chi connectivity index (χ2v) is 3.38. The van der Waals surface area contributed by atoms with Crippen LogP contribution in [0.25, 0.3) is 0 Å². The van der Waals surface area contributed by atoms with Crippen LogP contribution in [0.15, 0.2) is 0 Å². The van der Waals surface area contributed by atoms with Gasteiger partial charge in [0, 0.05) is 6.54 Å². The van der Waals surface area contributed by atoms with Crippen LogP contribution in [0.2, 0.25) is 0 Å². The summed E-state index contributed by atoms with van der Waals surface area (Å²) in [5.41, 5.74) is 5.17. The van der Waals surface area contributed by atoms with Gasteiger partial charge in [0.05, 0.1) is 12.6 Å². The molecule has 3 N–H and O–H groups in total. The van der Waals surface area contributed by atoms with Crippen LogP contribution >= 0.6 is 0 Å². The Kier molecular flexibility index (Phi) is 6.12. The number of halogens is 3. The zero-order valence-electron chi connectivity index (χ0n) is 9.28. The van der Waals surface area contributed by atoms with E-state index >= 15 is 0 Å². The summed E-state index contributed by atoms with van der Waals surface area (Å²) in [5.74, 6) is -2.87. The molecule has 0 bridgehead atoms. The van der Waals surface area contributed by atoms with Crippen molar-refractivity contribution in [1.82, 2.24) is 4.90 Å². The first kappa shape index (κ1) is 16.2. The summed E-state index contributed by atoms with van der Waals surface area (Å²) in [6.45, 7) is 0.701. The number of carbonyl (C=O) groups excluding carboxylic acids is 1. The van der Waals surface area contributed by atoms with Crippen molar-refractivity contribution in [3.8, 4) is 6.07 Å². The Morgan fingerprint density at radius 2 is 2.00 bits per heavy atom. The molecular formula is C9H12F3N3O3. The number of nitriles is 1. The smallest absolute Gasteiger partial charge is 0.475 e. The van der Waals surface area contributed by atoms with Gasteiger partial charge in [0.1, 0.15) is 6.04 Å². The first-order valence-electron chi connectivity index (χ1n) is 4.93. The number of rotatable bonds is 1. The number of carboxylic acids is 1. The van der Waals surface area contributed by atoms with Gasteiger partial charge in [-0.25, -0.2) is 4.79 Å². The van der Waals surface area contributed by atoms with Crippen molar-refractivity contribution in [2.45, 2.75) is 25.1 Å². The van der Waals surface area contributed by atoms with Crippen molar-refractivity contribution in [3.63, 3.8) is 0 Å². The molecule has 0 aromatic rings. The summed E-state index contributed by atoms with van der Waals surface area (Å²) >= 11 is 0. The third-order valence-corrected chi connectivity index (χ3v) is 2.14. The lowest BCUT2D eigenvalue weighted by atomic mass is 10.2. The fourth-order valence-corrected chi connectivity index (χ4v) is 1.32. The fourth-order valence-electron chi connectivity index (χ4n) is 1.32. The highest BCUT2D eigenvalue weighted by Crippen LogP contribution is 2.15. The van der Waals surface area contributed by atoms with Crippen molar-refractivity contribution >= 4 is 11.9 Å². The first-order chi connectivity index (χ1) is 8.23. The van der Waals surface area contributed by atoms with Gasteiger partial charge >= 0.3 is 12.1 Å². The highest BCUT2D eigenvalue weighted by molar-refractivity contribution is 5.79. The van der Waals surface area contributed by atoms with Gasteiger partial charge in [-0.05, 0) is 12.8 Å². The Bertz CT molecular complexity index is 351. The average Bonchev–Trinajstić information content (AvgIpc) is 2.75. The molecule has 102 valence electrons. The summed E-state index contributed by atoms with van der Waals surface area (Å²) in [4.78, 5) is 21.5. The van der Waals surface area contributed by atoms with Crippen molar-refractivity contribution in [2.24, 2.45) is 5.73 Å². The monoisotopic (exact) mass is 267 g/mol. The van der Waals surface area contributed by atoms with Crippen LogP contribution in [-0.4, -0.2) is 47.2 Å². The quantitative estimate of drug-likeness (QED) is 0.700. The van der Waals surface area contributed by atoms with E-state index < -0.39 is 12.1 Å². The zero-order valence-corrected chi connectivity index (χ0v) is 9.28. The average molecular weight is 267 g/mol. The minimum atomic E-state index is -5.08. The standard InChI is InChI=1S/C7H11N3O.C2HF3O2/c8-4-6-2-1-3-10(6)7(11)5-9;3-2(4,5)1(6)7/h6H,1-3,5,9H2;(H,6,7). The van der Waals surface area contributed by atoms with Crippen molar-refractivity contribution in [1.29, 1.82) is 5.26 Å². The maximum atomic E-state index is 11.0. The van der Waals surface area contributed by atoms with Crippen LogP contribution in [0.5, 0.6) is 0 Å². The molecule has 1 saturated heterocycles. The van der Waals surface area contributed by atoms with E-state index in [9.17, 15) is 18.0 Å². The van der Waals surface area contributed by atoms with E-state index in [0.717, 1.165) is 12.8 Å². The maximum Gasteiger partial charge on any atom is 0.490 e. The molecule has 0 aromatic heterocycles. The number of likely N-dealkylation sites (tertiary alicyclic amines) is 1. The van der Waals surface area contributed by atoms with Crippen molar-refractivity contribution in [2.75, 3.05) is 13.1 Å². The maximum absolute atomic E-state index is 11.0. The Balaban J connectivity index is 0.000000360. The molecule has 1 atom stereocenters. The molecule has 1 heterocycles. The SMILES string of the molecule is N#CC1CCCN1C(=O)CN.O=C(O)C(F)(F)F. The van der Waals surface area contributed by atoms with E-state index in [1.807, 2.05) is 0 Å². The molecule has 9 heteroatoms. The molecular weight excluding hydrogens is 255 g/mol. The predicted molar refractivity (Wildman–Crippen MR) is 53.1 cm³/mol. The van der Waals surface area contributed by atoms with Gasteiger partial charge in [0.25, 0.3) is 0 Å². The van der Waals surface area contributed by atoms with Crippen molar-refractivity contribution < 1.29 is 27.9 Å². The number of nitrogens with zero attached hydrogens (tertiary/aromatic N) is 2. The van der Waals surface area contributed by atoms with Gasteiger partial charge in [0.15, 0.2) is 0 Å². The third kappa shape index (κ3) is 5.01. The Morgan fingerprint density at radius 1 is 1.50 bits per heavy atom. The summed E-state index contributed by atoms with van der Waals surface area (Å²) in [7, 11) is 0. The number of nitrogens with two attached hydrogens (primary N) is 1. The number of alkyl halides is 3. The number of hydrogen-bond donors (Lipinski definition) is 2. The van der Waals surface area contributed by atoms with Crippen LogP contribution in [0.3, 0.4) is 0 Å². The van der Waals surface area contributed by atoms with Gasteiger partial charge in [-0.1, -0.05) is 0 Å². The zero-order chi connectivity index (χ0) is 14.3. The van der Waals surface area contributed by atoms with Gasteiger partial charge < -0.3 is 15.7 Å². The Hall–Kier alpha value is -1.82. The highest BCUT2D eigenvalue weighted by atomic mass is 19.4. The number of hydrogen-bond acceptors (Lipinski definition) is 4. The normalized spacial score (nSPS) is 18.6. The predicted octanol–water partition coefficient (Wildman–Crippen LogP) is 0.0930. The molecule has 0 aromatic carbocycles. The van der Waals surface area contributed by atoms with E-state index in [-0.39, 0.29) is 18.5 Å². The van der Waals surface area contributed by atoms with E-state index in [4.69, 9.17) is 20.9 Å². The molecule has 18 heavy (non-hydrogen) atoms. The molecule has 0 saturated carbocycles. The second kappa shape index (κ2) is 6.80. The van der Waals surface area contributed by atoms with Gasteiger partial charge in [-0.15, -0.1) is 0 Å². The first-order valence-corrected chi connectivity index (χ1v) is 4.93. The van der Waals surface area contributed by atoms with Gasteiger partial charge in [-0.2, -0.15) is 18.4 Å². The topological polar surface area (TPSA) is 107 Å². The van der Waals surface area contributed by atoms with E-state index in [2.05, 4.69) is 6.07 Å². The number of carbonyl (C=O) groups is 2. The van der Waals surface area contributed by atoms with E-state index in [1.54, 1.807) is 4.90 Å². The lowest BCUT2D eigenvalue weighted by molar-refractivity contribution is -0.192. The van der Waals surface area contributed by atoms with Crippen molar-refractivity contribution in [3.05, 3.63) is 0 Å². The molecule has 1 aliphatic heterocycles. The minimum Gasteiger partial charge on any atom is -0.475 e. The molecule has 0 spiro atoms. The van der Waals surface area contributed by atoms with Crippen LogP contribution < -0.4 is 5.73 Å². The van der Waals surface area contributed by atoms with E-state index in [0.29, 0.717) is 6.54 Å². The van der Waals surface area contributed by atoms with Crippen LogP contribution in [0, 0.1) is 11.3 Å². The molecule has 1 aliphatic rings. The largest absolute Gasteiger partial charge is 0.490 e. The van der Waals surface area contributed by atoms with Crippen LogP contribution in [0.4, 0.5) is 13.2 Å². The van der Waals surface area contributed by atoms with Gasteiger partial charge in [-0.3, -0.25) is 4.79 Å². The van der Waals surface area contributed by atoms with E-state index in [1.165, 1.54) is 0 Å². The molecule has 1 amide bonds. The number of carboxylic acid groups (broad SMARTS) is 1. The molecule has 0 aliphatic carbocycles. The summed E-state index contributed by atoms with van der Waals surface area (Å²) in [6.07, 6.45) is -3.37. The van der Waals surface area contributed by atoms with Crippen LogP contribution in [-0.2, 0) is 9.59 Å². The molecule has 6 nitrogen and oxygen atoms in total. The number of amides is 1. The van der Waals surface area contributed by atoms with Crippen LogP contribution in [0.1, 0.15) is 12.8 Å². The number of aliphatic carboxylic acids is 1. The molecule has 1 fully saturated rings. The lowest BCUT2D eigenvalue weighted by Crippen LogP contribution is -2.38. The summed E-state index contributed by atoms with van der Waals surface area (Å²) in [5, 5.41) is 15.7. The summed E-state index contributed by atoms with van der Waals surface area (Å²) in [6, 6.07) is 1.85.